The van der Waals surface area contributed by atoms with Crippen LogP contribution in [0.1, 0.15) is 11.1 Å². The van der Waals surface area contributed by atoms with E-state index >= 15 is 0 Å². The molecule has 1 N–H and O–H groups in total. The fourth-order valence-electron chi connectivity index (χ4n) is 3.24. The van der Waals surface area contributed by atoms with Gasteiger partial charge in [-0.05, 0) is 105 Å². The van der Waals surface area contributed by atoms with Gasteiger partial charge in [0.05, 0.1) is 17.9 Å². The SMILES string of the molecule is O=C1NC(=S)N(c2ccc(Cl)cc2Cl)C(=O)/C1=C/c1cc(I)c(OCc2ccccc2)c(I)c1. The van der Waals surface area contributed by atoms with Gasteiger partial charge in [-0.15, -0.1) is 0 Å². The van der Waals surface area contributed by atoms with Crippen LogP contribution in [-0.4, -0.2) is 16.9 Å². The highest BCUT2D eigenvalue weighted by Crippen LogP contribution is 2.33. The van der Waals surface area contributed by atoms with Crippen molar-refractivity contribution in [2.75, 3.05) is 4.90 Å². The van der Waals surface area contributed by atoms with Gasteiger partial charge in [-0.1, -0.05) is 53.5 Å². The van der Waals surface area contributed by atoms with Crippen molar-refractivity contribution in [2.45, 2.75) is 6.61 Å². The van der Waals surface area contributed by atoms with Crippen LogP contribution in [0.4, 0.5) is 5.69 Å². The van der Waals surface area contributed by atoms with E-state index in [1.54, 1.807) is 12.1 Å². The molecule has 0 atom stereocenters. The van der Waals surface area contributed by atoms with Crippen LogP contribution in [0.25, 0.3) is 6.08 Å². The van der Waals surface area contributed by atoms with E-state index in [1.165, 1.54) is 17.0 Å². The summed E-state index contributed by atoms with van der Waals surface area (Å²) in [6.45, 7) is 0.433. The Balaban J connectivity index is 1.63. The summed E-state index contributed by atoms with van der Waals surface area (Å²) in [5.74, 6) is -0.416. The van der Waals surface area contributed by atoms with Crippen LogP contribution in [-0.2, 0) is 16.2 Å². The van der Waals surface area contributed by atoms with Gasteiger partial charge in [0.1, 0.15) is 17.9 Å². The molecule has 34 heavy (non-hydrogen) atoms. The minimum absolute atomic E-state index is 0.0507. The number of carbonyl (C=O) groups excluding carboxylic acids is 2. The average molecular weight is 735 g/mol. The fraction of sp³-hybridized carbons (Fsp3) is 0.0417. The predicted molar refractivity (Wildman–Crippen MR) is 155 cm³/mol. The Hall–Kier alpha value is -1.73. The molecule has 0 spiro atoms. The van der Waals surface area contributed by atoms with Gasteiger partial charge in [0, 0.05) is 5.02 Å². The minimum Gasteiger partial charge on any atom is -0.487 e. The summed E-state index contributed by atoms with van der Waals surface area (Å²) >= 11 is 21.9. The lowest BCUT2D eigenvalue weighted by Crippen LogP contribution is -2.54. The van der Waals surface area contributed by atoms with Gasteiger partial charge in [0.15, 0.2) is 5.11 Å². The van der Waals surface area contributed by atoms with Gasteiger partial charge in [-0.2, -0.15) is 0 Å². The number of hydrogen-bond donors (Lipinski definition) is 1. The number of amides is 2. The molecule has 1 heterocycles. The van der Waals surface area contributed by atoms with Gasteiger partial charge in [-0.25, -0.2) is 0 Å². The molecule has 1 fully saturated rings. The molecule has 4 rings (SSSR count). The first-order valence-corrected chi connectivity index (χ1v) is 13.1. The van der Waals surface area contributed by atoms with Crippen LogP contribution >= 0.6 is 80.6 Å². The lowest BCUT2D eigenvalue weighted by molar-refractivity contribution is -0.122. The van der Waals surface area contributed by atoms with E-state index in [1.807, 2.05) is 42.5 Å². The first kappa shape index (κ1) is 25.4. The number of halogens is 4. The summed E-state index contributed by atoms with van der Waals surface area (Å²) in [4.78, 5) is 27.1. The van der Waals surface area contributed by atoms with Crippen LogP contribution in [0.15, 0.2) is 66.2 Å². The van der Waals surface area contributed by atoms with Gasteiger partial charge in [0.25, 0.3) is 11.8 Å². The van der Waals surface area contributed by atoms with E-state index in [-0.39, 0.29) is 15.7 Å². The molecule has 0 radical (unpaired) electrons. The molecule has 0 aromatic heterocycles. The van der Waals surface area contributed by atoms with Gasteiger partial charge in [0.2, 0.25) is 0 Å². The molecule has 1 saturated heterocycles. The Kier molecular flexibility index (Phi) is 8.13. The van der Waals surface area contributed by atoms with Crippen molar-refractivity contribution in [1.82, 2.24) is 5.32 Å². The summed E-state index contributed by atoms with van der Waals surface area (Å²) in [5.41, 5.74) is 2.00. The third kappa shape index (κ3) is 5.56. The van der Waals surface area contributed by atoms with Crippen LogP contribution in [0.3, 0.4) is 0 Å². The number of nitrogens with zero attached hydrogens (tertiary/aromatic N) is 1. The Morgan fingerprint density at radius 1 is 1.00 bits per heavy atom. The van der Waals surface area contributed by atoms with Crippen molar-refractivity contribution in [3.8, 4) is 5.75 Å². The molecule has 3 aromatic carbocycles. The molecule has 1 aliphatic heterocycles. The van der Waals surface area contributed by atoms with E-state index in [9.17, 15) is 9.59 Å². The number of benzene rings is 3. The standard InChI is InChI=1S/C24H14Cl2I2N2O3S/c25-15-6-7-20(17(26)11-15)30-23(32)16(22(31)29-24(30)34)8-14-9-18(27)21(19(28)10-14)33-12-13-4-2-1-3-5-13/h1-11H,12H2,(H,29,31,34)/b16-8+. The van der Waals surface area contributed by atoms with E-state index in [0.29, 0.717) is 22.9 Å². The number of ether oxygens (including phenoxy) is 1. The van der Waals surface area contributed by atoms with Crippen molar-refractivity contribution < 1.29 is 14.3 Å². The summed E-state index contributed by atoms with van der Waals surface area (Å²) < 4.78 is 7.72. The predicted octanol–water partition coefficient (Wildman–Crippen LogP) is 6.61. The maximum Gasteiger partial charge on any atom is 0.270 e. The van der Waals surface area contributed by atoms with Crippen molar-refractivity contribution >= 4 is 109 Å². The molecule has 0 saturated carbocycles. The van der Waals surface area contributed by atoms with Crippen LogP contribution in [0.5, 0.6) is 5.75 Å². The smallest absolute Gasteiger partial charge is 0.270 e. The van der Waals surface area contributed by atoms with E-state index in [2.05, 4.69) is 50.5 Å². The third-order valence-electron chi connectivity index (χ3n) is 4.81. The second-order valence-electron chi connectivity index (χ2n) is 7.14. The quantitative estimate of drug-likeness (QED) is 0.139. The molecule has 3 aromatic rings. The summed E-state index contributed by atoms with van der Waals surface area (Å²) in [6.07, 6.45) is 1.53. The minimum atomic E-state index is -0.578. The summed E-state index contributed by atoms with van der Waals surface area (Å²) in [7, 11) is 0. The number of carbonyl (C=O) groups is 2. The maximum atomic E-state index is 13.3. The van der Waals surface area contributed by atoms with E-state index in [0.717, 1.165) is 18.5 Å². The topological polar surface area (TPSA) is 58.6 Å². The van der Waals surface area contributed by atoms with Crippen LogP contribution < -0.4 is 15.0 Å². The third-order valence-corrected chi connectivity index (χ3v) is 7.23. The molecule has 172 valence electrons. The zero-order chi connectivity index (χ0) is 24.4. The lowest BCUT2D eigenvalue weighted by atomic mass is 10.1. The molecule has 1 aliphatic rings. The van der Waals surface area contributed by atoms with E-state index < -0.39 is 11.8 Å². The maximum absolute atomic E-state index is 13.3. The normalized spacial score (nSPS) is 15.0. The Labute approximate surface area is 238 Å². The highest BCUT2D eigenvalue weighted by atomic mass is 127. The second kappa shape index (κ2) is 10.9. The zero-order valence-electron chi connectivity index (χ0n) is 17.2. The average Bonchev–Trinajstić information content (AvgIpc) is 2.78. The first-order valence-electron chi connectivity index (χ1n) is 9.77. The van der Waals surface area contributed by atoms with Crippen molar-refractivity contribution in [1.29, 1.82) is 0 Å². The van der Waals surface area contributed by atoms with Crippen molar-refractivity contribution in [3.63, 3.8) is 0 Å². The largest absolute Gasteiger partial charge is 0.487 e. The highest BCUT2D eigenvalue weighted by Gasteiger charge is 2.35. The van der Waals surface area contributed by atoms with Crippen molar-refractivity contribution in [2.24, 2.45) is 0 Å². The molecule has 0 bridgehead atoms. The Bertz CT molecular complexity index is 1330. The Morgan fingerprint density at radius 3 is 2.32 bits per heavy atom. The summed E-state index contributed by atoms with van der Waals surface area (Å²) in [5, 5.41) is 3.17. The second-order valence-corrected chi connectivity index (χ2v) is 10.7. The molecule has 0 aliphatic carbocycles. The van der Waals surface area contributed by atoms with E-state index in [4.69, 9.17) is 40.2 Å². The molecule has 10 heteroatoms. The van der Waals surface area contributed by atoms with Crippen LogP contribution in [0.2, 0.25) is 10.0 Å². The monoisotopic (exact) mass is 734 g/mol. The fourth-order valence-corrected chi connectivity index (χ4v) is 6.13. The molecular weight excluding hydrogens is 721 g/mol. The van der Waals surface area contributed by atoms with Gasteiger partial charge in [-0.3, -0.25) is 19.8 Å². The molecule has 5 nitrogen and oxygen atoms in total. The lowest BCUT2D eigenvalue weighted by Gasteiger charge is -2.29. The summed E-state index contributed by atoms with van der Waals surface area (Å²) in [6, 6.07) is 18.2. The number of rotatable bonds is 5. The first-order chi connectivity index (χ1) is 16.2. The van der Waals surface area contributed by atoms with Crippen LogP contribution in [0, 0.1) is 7.14 Å². The van der Waals surface area contributed by atoms with Crippen molar-refractivity contribution in [3.05, 3.63) is 94.5 Å². The van der Waals surface area contributed by atoms with Gasteiger partial charge >= 0.3 is 0 Å². The zero-order valence-corrected chi connectivity index (χ0v) is 23.8. The number of nitrogens with one attached hydrogen (secondary N) is 1. The van der Waals surface area contributed by atoms with Gasteiger partial charge < -0.3 is 4.74 Å². The number of anilines is 1. The Morgan fingerprint density at radius 2 is 1.68 bits per heavy atom. The number of thiocarbonyl (C=S) groups is 1. The number of hydrogen-bond acceptors (Lipinski definition) is 4. The molecule has 2 amide bonds. The molecule has 0 unspecified atom stereocenters. The highest BCUT2D eigenvalue weighted by molar-refractivity contribution is 14.1. The molecular formula is C24H14Cl2I2N2O3S.